The highest BCUT2D eigenvalue weighted by molar-refractivity contribution is 7.91. The number of nitrogens with zero attached hydrogens (tertiary/aromatic N) is 1. The van der Waals surface area contributed by atoms with Gasteiger partial charge in [-0.25, -0.2) is 21.2 Å². The summed E-state index contributed by atoms with van der Waals surface area (Å²) in [5.74, 6) is -0.454. The second-order valence-electron chi connectivity index (χ2n) is 5.34. The number of aryl methyl sites for hydroxylation is 1. The second-order valence-corrected chi connectivity index (χ2v) is 9.61. The Bertz CT molecular complexity index is 735. The molecule has 2 rings (SSSR count). The van der Waals surface area contributed by atoms with Crippen molar-refractivity contribution in [2.45, 2.75) is 29.9 Å². The smallest absolute Gasteiger partial charge is 0.229 e. The predicted molar refractivity (Wildman–Crippen MR) is 77.8 cm³/mol. The van der Waals surface area contributed by atoms with Gasteiger partial charge in [-0.05, 0) is 43.5 Å². The summed E-state index contributed by atoms with van der Waals surface area (Å²) < 4.78 is 62.4. The van der Waals surface area contributed by atoms with E-state index in [-0.39, 0.29) is 36.4 Å². The Morgan fingerprint density at radius 3 is 2.19 bits per heavy atom. The van der Waals surface area contributed by atoms with Crippen LogP contribution in [-0.4, -0.2) is 45.7 Å². The van der Waals surface area contributed by atoms with E-state index in [1.807, 2.05) is 0 Å². The first-order valence-electron chi connectivity index (χ1n) is 6.57. The topological polar surface area (TPSA) is 71.5 Å². The molecular weight excluding hydrogens is 317 g/mol. The van der Waals surface area contributed by atoms with Crippen LogP contribution in [0.4, 0.5) is 4.39 Å². The Morgan fingerprint density at radius 2 is 1.71 bits per heavy atom. The minimum atomic E-state index is -3.70. The number of piperidine rings is 1. The van der Waals surface area contributed by atoms with Gasteiger partial charge in [-0.1, -0.05) is 0 Å². The van der Waals surface area contributed by atoms with Crippen molar-refractivity contribution in [2.24, 2.45) is 0 Å². The molecule has 1 fully saturated rings. The number of rotatable bonds is 3. The molecule has 8 heteroatoms. The third kappa shape index (κ3) is 3.44. The maximum atomic E-state index is 13.2. The average Bonchev–Trinajstić information content (AvgIpc) is 2.41. The highest BCUT2D eigenvalue weighted by atomic mass is 32.2. The van der Waals surface area contributed by atoms with Gasteiger partial charge in [0.05, 0.1) is 10.1 Å². The maximum absolute atomic E-state index is 13.2. The van der Waals surface area contributed by atoms with Crippen LogP contribution in [0.5, 0.6) is 0 Å². The summed E-state index contributed by atoms with van der Waals surface area (Å²) in [5, 5.41) is -0.487. The summed E-state index contributed by atoms with van der Waals surface area (Å²) in [6, 6.07) is 3.67. The zero-order chi connectivity index (χ0) is 15.8. The van der Waals surface area contributed by atoms with Crippen LogP contribution < -0.4 is 0 Å². The molecule has 21 heavy (non-hydrogen) atoms. The Labute approximate surface area is 124 Å². The molecular formula is C13H18FNO4S2. The van der Waals surface area contributed by atoms with Crippen molar-refractivity contribution < 1.29 is 21.2 Å². The van der Waals surface area contributed by atoms with Gasteiger partial charge in [-0.2, -0.15) is 4.31 Å². The maximum Gasteiger partial charge on any atom is 0.243 e. The summed E-state index contributed by atoms with van der Waals surface area (Å²) in [4.78, 5) is 0.0409. The largest absolute Gasteiger partial charge is 0.243 e. The fraction of sp³-hybridized carbons (Fsp3) is 0.538. The lowest BCUT2D eigenvalue weighted by atomic mass is 10.2. The van der Waals surface area contributed by atoms with Gasteiger partial charge in [0, 0.05) is 19.3 Å². The van der Waals surface area contributed by atoms with Gasteiger partial charge in [0.1, 0.15) is 15.7 Å². The molecule has 0 aliphatic carbocycles. The van der Waals surface area contributed by atoms with Crippen LogP contribution in [0.15, 0.2) is 23.1 Å². The zero-order valence-electron chi connectivity index (χ0n) is 11.9. The van der Waals surface area contributed by atoms with Crippen LogP contribution in [0.25, 0.3) is 0 Å². The molecule has 0 amide bonds. The van der Waals surface area contributed by atoms with E-state index in [9.17, 15) is 21.2 Å². The highest BCUT2D eigenvalue weighted by Gasteiger charge is 2.33. The number of benzene rings is 1. The third-order valence-electron chi connectivity index (χ3n) is 3.77. The molecule has 0 radical (unpaired) electrons. The first kappa shape index (κ1) is 16.4. The number of hydrogen-bond donors (Lipinski definition) is 0. The molecule has 0 spiro atoms. The number of hydrogen-bond acceptors (Lipinski definition) is 4. The van der Waals surface area contributed by atoms with E-state index in [2.05, 4.69) is 0 Å². The van der Waals surface area contributed by atoms with Gasteiger partial charge < -0.3 is 0 Å². The first-order valence-corrected chi connectivity index (χ1v) is 9.97. The Hall–Kier alpha value is -0.990. The van der Waals surface area contributed by atoms with Crippen LogP contribution in [0.2, 0.25) is 0 Å². The summed E-state index contributed by atoms with van der Waals surface area (Å²) in [5.41, 5.74) is 0.266. The van der Waals surface area contributed by atoms with E-state index < -0.39 is 30.9 Å². The molecule has 0 bridgehead atoms. The zero-order valence-corrected chi connectivity index (χ0v) is 13.5. The molecule has 0 unspecified atom stereocenters. The Morgan fingerprint density at radius 1 is 1.14 bits per heavy atom. The van der Waals surface area contributed by atoms with Gasteiger partial charge in [0.2, 0.25) is 10.0 Å². The van der Waals surface area contributed by atoms with E-state index in [4.69, 9.17) is 0 Å². The lowest BCUT2D eigenvalue weighted by Crippen LogP contribution is -2.42. The summed E-state index contributed by atoms with van der Waals surface area (Å²) in [6.07, 6.45) is 1.75. The van der Waals surface area contributed by atoms with Crippen LogP contribution in [-0.2, 0) is 19.9 Å². The van der Waals surface area contributed by atoms with Gasteiger partial charge in [0.15, 0.2) is 0 Å². The molecule has 118 valence electrons. The fourth-order valence-electron chi connectivity index (χ4n) is 2.43. The van der Waals surface area contributed by atoms with Crippen molar-refractivity contribution in [2.75, 3.05) is 19.3 Å². The monoisotopic (exact) mass is 335 g/mol. The number of halogens is 1. The van der Waals surface area contributed by atoms with E-state index in [1.165, 1.54) is 29.6 Å². The lowest BCUT2D eigenvalue weighted by Gasteiger charge is -2.30. The summed E-state index contributed by atoms with van der Waals surface area (Å²) >= 11 is 0. The Balaban J connectivity index is 2.20. The van der Waals surface area contributed by atoms with Gasteiger partial charge in [0.25, 0.3) is 0 Å². The van der Waals surface area contributed by atoms with Crippen molar-refractivity contribution in [3.63, 3.8) is 0 Å². The normalized spacial score (nSPS) is 18.8. The minimum absolute atomic E-state index is 0.0409. The van der Waals surface area contributed by atoms with Crippen LogP contribution >= 0.6 is 0 Å². The third-order valence-corrected chi connectivity index (χ3v) is 7.35. The lowest BCUT2D eigenvalue weighted by molar-refractivity contribution is 0.346. The summed E-state index contributed by atoms with van der Waals surface area (Å²) in [7, 11) is -6.84. The minimum Gasteiger partial charge on any atom is -0.229 e. The molecule has 1 aromatic rings. The van der Waals surface area contributed by atoms with Crippen molar-refractivity contribution in [3.8, 4) is 0 Å². The Kier molecular flexibility index (Phi) is 4.41. The highest BCUT2D eigenvalue weighted by Crippen LogP contribution is 2.24. The molecule has 5 nitrogen and oxygen atoms in total. The van der Waals surface area contributed by atoms with Crippen molar-refractivity contribution in [1.29, 1.82) is 0 Å². The van der Waals surface area contributed by atoms with Gasteiger partial charge in [-0.15, -0.1) is 0 Å². The fourth-order valence-corrected chi connectivity index (χ4v) is 5.05. The molecule has 0 aromatic heterocycles. The quantitative estimate of drug-likeness (QED) is 0.835. The number of sulfonamides is 1. The number of sulfone groups is 1. The SMILES string of the molecule is Cc1cc(S(=O)(=O)N2CCC(S(C)(=O)=O)CC2)ccc1F. The molecule has 1 aromatic carbocycles. The van der Waals surface area contributed by atoms with E-state index in [1.54, 1.807) is 0 Å². The van der Waals surface area contributed by atoms with Gasteiger partial charge >= 0.3 is 0 Å². The summed E-state index contributed by atoms with van der Waals surface area (Å²) in [6.45, 7) is 1.83. The predicted octanol–water partition coefficient (Wildman–Crippen LogP) is 1.33. The van der Waals surface area contributed by atoms with E-state index in [0.29, 0.717) is 0 Å². The molecule has 1 saturated heterocycles. The van der Waals surface area contributed by atoms with Crippen molar-refractivity contribution in [3.05, 3.63) is 29.6 Å². The molecule has 0 N–H and O–H groups in total. The van der Waals surface area contributed by atoms with Crippen LogP contribution in [0.3, 0.4) is 0 Å². The molecule has 1 aliphatic rings. The first-order chi connectivity index (χ1) is 9.62. The van der Waals surface area contributed by atoms with Crippen molar-refractivity contribution in [1.82, 2.24) is 4.31 Å². The average molecular weight is 335 g/mol. The van der Waals surface area contributed by atoms with E-state index >= 15 is 0 Å². The standard InChI is InChI=1S/C13H18FNO4S2/c1-10-9-12(3-4-13(10)14)21(18,19)15-7-5-11(6-8-15)20(2,16)17/h3-4,9,11H,5-8H2,1-2H3. The molecule has 1 heterocycles. The van der Waals surface area contributed by atoms with Crippen molar-refractivity contribution >= 4 is 19.9 Å². The van der Waals surface area contributed by atoms with Crippen LogP contribution in [0, 0.1) is 12.7 Å². The van der Waals surface area contributed by atoms with Gasteiger partial charge in [-0.3, -0.25) is 0 Å². The van der Waals surface area contributed by atoms with Crippen LogP contribution in [0.1, 0.15) is 18.4 Å². The molecule has 1 aliphatic heterocycles. The molecule has 0 saturated carbocycles. The van der Waals surface area contributed by atoms with E-state index in [0.717, 1.165) is 6.07 Å². The second kappa shape index (κ2) is 5.66. The molecule has 0 atom stereocenters.